The van der Waals surface area contributed by atoms with Crippen molar-refractivity contribution in [1.29, 1.82) is 0 Å². The fourth-order valence-corrected chi connectivity index (χ4v) is 3.31. The van der Waals surface area contributed by atoms with Crippen molar-refractivity contribution in [2.45, 2.75) is 39.5 Å². The van der Waals surface area contributed by atoms with Crippen molar-refractivity contribution in [3.63, 3.8) is 0 Å². The molecule has 2 aromatic carbocycles. The summed E-state index contributed by atoms with van der Waals surface area (Å²) < 4.78 is 40.7. The molecular weight excluding hydrogens is 408 g/mol. The SMILES string of the molecule is Cc1ccccc1C(=O)NC(c1nc(Cc2ccc3c(c2)OC(F)(F)O3)no1)C(C)C. The van der Waals surface area contributed by atoms with E-state index >= 15 is 0 Å². The lowest BCUT2D eigenvalue weighted by molar-refractivity contribution is -0.286. The highest BCUT2D eigenvalue weighted by molar-refractivity contribution is 5.95. The van der Waals surface area contributed by atoms with Crippen molar-refractivity contribution in [2.75, 3.05) is 0 Å². The standard InChI is InChI=1S/C22H21F2N3O4/c1-12(2)19(26-20(28)15-7-5-4-6-13(15)3)21-25-18(27-31-21)11-14-8-9-16-17(10-14)30-22(23,24)29-16/h4-10,12,19H,11H2,1-3H3,(H,26,28). The molecule has 0 saturated heterocycles. The molecule has 0 spiro atoms. The normalized spacial score (nSPS) is 15.2. The quantitative estimate of drug-likeness (QED) is 0.624. The Hall–Kier alpha value is -3.49. The van der Waals surface area contributed by atoms with Gasteiger partial charge in [-0.1, -0.05) is 43.3 Å². The van der Waals surface area contributed by atoms with E-state index in [1.807, 2.05) is 32.9 Å². The second kappa shape index (κ2) is 7.98. The Morgan fingerprint density at radius 3 is 2.61 bits per heavy atom. The first-order valence-corrected chi connectivity index (χ1v) is 9.79. The van der Waals surface area contributed by atoms with Gasteiger partial charge in [0.25, 0.3) is 5.91 Å². The number of hydrogen-bond acceptors (Lipinski definition) is 6. The zero-order valence-electron chi connectivity index (χ0n) is 17.2. The van der Waals surface area contributed by atoms with E-state index in [-0.39, 0.29) is 35.6 Å². The van der Waals surface area contributed by atoms with Gasteiger partial charge < -0.3 is 19.3 Å². The summed E-state index contributed by atoms with van der Waals surface area (Å²) in [6.45, 7) is 5.74. The van der Waals surface area contributed by atoms with Crippen LogP contribution in [0.4, 0.5) is 8.78 Å². The highest BCUT2D eigenvalue weighted by atomic mass is 19.3. The zero-order chi connectivity index (χ0) is 22.2. The minimum absolute atomic E-state index is 0.00552. The van der Waals surface area contributed by atoms with E-state index in [0.717, 1.165) is 5.56 Å². The van der Waals surface area contributed by atoms with Crippen LogP contribution >= 0.6 is 0 Å². The number of rotatable bonds is 6. The molecule has 1 aromatic heterocycles. The topological polar surface area (TPSA) is 86.5 Å². The number of aryl methyl sites for hydroxylation is 1. The number of ether oxygens (including phenoxy) is 2. The first-order valence-electron chi connectivity index (χ1n) is 9.79. The van der Waals surface area contributed by atoms with Gasteiger partial charge in [-0.25, -0.2) is 0 Å². The molecule has 0 bridgehead atoms. The average molecular weight is 429 g/mol. The smallest absolute Gasteiger partial charge is 0.395 e. The Balaban J connectivity index is 1.49. The van der Waals surface area contributed by atoms with Crippen molar-refractivity contribution in [3.8, 4) is 11.5 Å². The molecular formula is C22H21F2N3O4. The summed E-state index contributed by atoms with van der Waals surface area (Å²) in [5, 5.41) is 6.93. The molecule has 9 heteroatoms. The minimum Gasteiger partial charge on any atom is -0.395 e. The maximum atomic E-state index is 13.2. The number of nitrogens with one attached hydrogen (secondary N) is 1. The molecule has 1 aliphatic heterocycles. The third-order valence-electron chi connectivity index (χ3n) is 4.92. The first kappa shape index (κ1) is 20.8. The van der Waals surface area contributed by atoms with Crippen LogP contribution in [0.1, 0.15) is 53.1 Å². The highest BCUT2D eigenvalue weighted by Gasteiger charge is 2.43. The van der Waals surface area contributed by atoms with Gasteiger partial charge >= 0.3 is 6.29 Å². The number of carbonyl (C=O) groups excluding carboxylic acids is 1. The third-order valence-corrected chi connectivity index (χ3v) is 4.92. The second-order valence-electron chi connectivity index (χ2n) is 7.68. The van der Waals surface area contributed by atoms with Crippen molar-refractivity contribution in [1.82, 2.24) is 15.5 Å². The Kier molecular flexibility index (Phi) is 5.34. The van der Waals surface area contributed by atoms with Crippen molar-refractivity contribution in [3.05, 3.63) is 70.9 Å². The number of halogens is 2. The summed E-state index contributed by atoms with van der Waals surface area (Å²) in [5.74, 6) is 0.330. The van der Waals surface area contributed by atoms with Gasteiger partial charge in [0, 0.05) is 12.0 Å². The van der Waals surface area contributed by atoms with E-state index in [1.54, 1.807) is 18.2 Å². The number of nitrogens with zero attached hydrogens (tertiary/aromatic N) is 2. The Bertz CT molecular complexity index is 1110. The molecule has 1 N–H and O–H groups in total. The predicted molar refractivity (Wildman–Crippen MR) is 106 cm³/mol. The molecule has 1 amide bonds. The van der Waals surface area contributed by atoms with Crippen LogP contribution in [0.3, 0.4) is 0 Å². The molecule has 2 heterocycles. The molecule has 7 nitrogen and oxygen atoms in total. The van der Waals surface area contributed by atoms with Crippen molar-refractivity contribution >= 4 is 5.91 Å². The summed E-state index contributed by atoms with van der Waals surface area (Å²) in [6, 6.07) is 11.3. The summed E-state index contributed by atoms with van der Waals surface area (Å²) in [6.07, 6.45) is -3.43. The molecule has 31 heavy (non-hydrogen) atoms. The van der Waals surface area contributed by atoms with Gasteiger partial charge in [0.2, 0.25) is 5.89 Å². The zero-order valence-corrected chi connectivity index (χ0v) is 17.2. The largest absolute Gasteiger partial charge is 0.586 e. The van der Waals surface area contributed by atoms with Crippen LogP contribution in [0.15, 0.2) is 47.0 Å². The highest BCUT2D eigenvalue weighted by Crippen LogP contribution is 2.41. The molecule has 4 rings (SSSR count). The van der Waals surface area contributed by atoms with Gasteiger partial charge in [0.15, 0.2) is 17.3 Å². The Morgan fingerprint density at radius 1 is 1.13 bits per heavy atom. The predicted octanol–water partition coefficient (Wildman–Crippen LogP) is 4.42. The second-order valence-corrected chi connectivity index (χ2v) is 7.68. The summed E-state index contributed by atoms with van der Waals surface area (Å²) >= 11 is 0. The lowest BCUT2D eigenvalue weighted by Gasteiger charge is -2.19. The Labute approximate surface area is 177 Å². The van der Waals surface area contributed by atoms with Gasteiger partial charge in [-0.2, -0.15) is 4.98 Å². The summed E-state index contributed by atoms with van der Waals surface area (Å²) in [7, 11) is 0. The van der Waals surface area contributed by atoms with E-state index < -0.39 is 12.3 Å². The van der Waals surface area contributed by atoms with Crippen LogP contribution in [-0.2, 0) is 6.42 Å². The molecule has 1 unspecified atom stereocenters. The van der Waals surface area contributed by atoms with Crippen LogP contribution < -0.4 is 14.8 Å². The fraction of sp³-hybridized carbons (Fsp3) is 0.318. The number of benzene rings is 2. The van der Waals surface area contributed by atoms with Crippen LogP contribution in [0.5, 0.6) is 11.5 Å². The minimum atomic E-state index is -3.67. The first-order chi connectivity index (χ1) is 14.7. The van der Waals surface area contributed by atoms with E-state index in [0.29, 0.717) is 17.0 Å². The lowest BCUT2D eigenvalue weighted by Crippen LogP contribution is -2.32. The molecule has 0 radical (unpaired) electrons. The molecule has 162 valence electrons. The molecule has 3 aromatic rings. The van der Waals surface area contributed by atoms with Crippen molar-refractivity contribution in [2.24, 2.45) is 5.92 Å². The molecule has 0 fully saturated rings. The van der Waals surface area contributed by atoms with E-state index in [1.165, 1.54) is 12.1 Å². The maximum absolute atomic E-state index is 13.2. The number of carbonyl (C=O) groups is 1. The van der Waals surface area contributed by atoms with E-state index in [2.05, 4.69) is 24.9 Å². The number of fused-ring (bicyclic) bond motifs is 1. The summed E-state index contributed by atoms with van der Waals surface area (Å²) in [5.41, 5.74) is 2.09. The monoisotopic (exact) mass is 429 g/mol. The van der Waals surface area contributed by atoms with Crippen LogP contribution in [0.2, 0.25) is 0 Å². The molecule has 0 aliphatic carbocycles. The van der Waals surface area contributed by atoms with E-state index in [9.17, 15) is 13.6 Å². The van der Waals surface area contributed by atoms with Gasteiger partial charge in [-0.05, 0) is 42.2 Å². The lowest BCUT2D eigenvalue weighted by atomic mass is 10.0. The third kappa shape index (κ3) is 4.50. The van der Waals surface area contributed by atoms with Gasteiger partial charge in [0.1, 0.15) is 6.04 Å². The molecule has 0 saturated carbocycles. The fourth-order valence-electron chi connectivity index (χ4n) is 3.31. The average Bonchev–Trinajstić information content (AvgIpc) is 3.28. The number of aromatic nitrogens is 2. The molecule has 1 aliphatic rings. The van der Waals surface area contributed by atoms with Crippen molar-refractivity contribution < 1.29 is 27.6 Å². The molecule has 1 atom stereocenters. The number of alkyl halides is 2. The number of amides is 1. The van der Waals surface area contributed by atoms with Gasteiger partial charge in [-0.3, -0.25) is 4.79 Å². The van der Waals surface area contributed by atoms with Crippen LogP contribution in [0, 0.1) is 12.8 Å². The van der Waals surface area contributed by atoms with Crippen LogP contribution in [-0.4, -0.2) is 22.3 Å². The maximum Gasteiger partial charge on any atom is 0.586 e. The van der Waals surface area contributed by atoms with Gasteiger partial charge in [0.05, 0.1) is 0 Å². The van der Waals surface area contributed by atoms with E-state index in [4.69, 9.17) is 4.52 Å². The number of hydrogen-bond donors (Lipinski definition) is 1. The van der Waals surface area contributed by atoms with Gasteiger partial charge in [-0.15, -0.1) is 8.78 Å². The van der Waals surface area contributed by atoms with Crippen LogP contribution in [0.25, 0.3) is 0 Å². The summed E-state index contributed by atoms with van der Waals surface area (Å²) in [4.78, 5) is 17.1. The Morgan fingerprint density at radius 2 is 1.87 bits per heavy atom.